The average molecular weight is 357 g/mol. The number of carbonyl (C=O) groups is 2. The van der Waals surface area contributed by atoms with Crippen LogP contribution in [0.1, 0.15) is 40.5 Å². The molecule has 26 heavy (non-hydrogen) atoms. The number of hydrogen-bond donors (Lipinski definition) is 0. The lowest BCUT2D eigenvalue weighted by molar-refractivity contribution is 0.0525. The van der Waals surface area contributed by atoms with Crippen molar-refractivity contribution in [3.05, 3.63) is 47.5 Å². The summed E-state index contributed by atoms with van der Waals surface area (Å²) in [6.07, 6.45) is 2.30. The van der Waals surface area contributed by atoms with E-state index in [0.717, 1.165) is 18.0 Å². The van der Waals surface area contributed by atoms with Crippen LogP contribution in [-0.2, 0) is 11.2 Å². The van der Waals surface area contributed by atoms with Gasteiger partial charge in [-0.1, -0.05) is 6.92 Å². The highest BCUT2D eigenvalue weighted by molar-refractivity contribution is 5.91. The number of furan rings is 1. The molecule has 0 unspecified atom stereocenters. The van der Waals surface area contributed by atoms with E-state index in [0.29, 0.717) is 44.1 Å². The first-order valence-electron chi connectivity index (χ1n) is 8.88. The second kappa shape index (κ2) is 8.03. The average Bonchev–Trinajstić information content (AvgIpc) is 3.17. The Bertz CT molecular complexity index is 761. The third kappa shape index (κ3) is 3.87. The molecule has 0 aromatic carbocycles. The van der Waals surface area contributed by atoms with Crippen molar-refractivity contribution in [3.8, 4) is 0 Å². The van der Waals surface area contributed by atoms with Crippen LogP contribution in [0.4, 0.5) is 5.82 Å². The van der Waals surface area contributed by atoms with Gasteiger partial charge < -0.3 is 19.0 Å². The van der Waals surface area contributed by atoms with Crippen molar-refractivity contribution in [1.82, 2.24) is 9.88 Å². The van der Waals surface area contributed by atoms with E-state index in [-0.39, 0.29) is 11.9 Å². The Kier molecular flexibility index (Phi) is 5.55. The van der Waals surface area contributed by atoms with Crippen molar-refractivity contribution in [2.45, 2.75) is 20.3 Å². The van der Waals surface area contributed by atoms with Crippen LogP contribution >= 0.6 is 0 Å². The van der Waals surface area contributed by atoms with E-state index in [1.165, 1.54) is 6.20 Å². The van der Waals surface area contributed by atoms with E-state index in [2.05, 4.69) is 9.88 Å². The molecule has 0 aliphatic carbocycles. The van der Waals surface area contributed by atoms with Gasteiger partial charge in [-0.05, 0) is 31.2 Å². The fourth-order valence-corrected chi connectivity index (χ4v) is 2.89. The van der Waals surface area contributed by atoms with Crippen molar-refractivity contribution < 1.29 is 18.7 Å². The van der Waals surface area contributed by atoms with Gasteiger partial charge in [-0.3, -0.25) is 4.79 Å². The maximum Gasteiger partial charge on any atom is 0.339 e. The highest BCUT2D eigenvalue weighted by Crippen LogP contribution is 2.17. The minimum absolute atomic E-state index is 0.0741. The van der Waals surface area contributed by atoms with Crippen LogP contribution in [0.2, 0.25) is 0 Å². The molecule has 1 aliphatic heterocycles. The molecular formula is C19H23N3O4. The molecule has 0 spiro atoms. The minimum atomic E-state index is -0.369. The number of pyridine rings is 1. The van der Waals surface area contributed by atoms with Gasteiger partial charge in [0.2, 0.25) is 0 Å². The van der Waals surface area contributed by atoms with Crippen molar-refractivity contribution in [1.29, 1.82) is 0 Å². The molecule has 3 heterocycles. The summed E-state index contributed by atoms with van der Waals surface area (Å²) >= 11 is 0. The Labute approximate surface area is 152 Å². The number of amides is 1. The predicted molar refractivity (Wildman–Crippen MR) is 96.4 cm³/mol. The van der Waals surface area contributed by atoms with Gasteiger partial charge >= 0.3 is 5.97 Å². The third-order valence-electron chi connectivity index (χ3n) is 4.37. The molecular weight excluding hydrogens is 334 g/mol. The zero-order valence-electron chi connectivity index (χ0n) is 15.1. The van der Waals surface area contributed by atoms with Crippen LogP contribution < -0.4 is 4.90 Å². The lowest BCUT2D eigenvalue weighted by atomic mass is 10.2. The number of hydrogen-bond acceptors (Lipinski definition) is 6. The van der Waals surface area contributed by atoms with Crippen molar-refractivity contribution in [3.63, 3.8) is 0 Å². The topological polar surface area (TPSA) is 75.9 Å². The molecule has 1 fully saturated rings. The zero-order valence-corrected chi connectivity index (χ0v) is 15.1. The van der Waals surface area contributed by atoms with Gasteiger partial charge in [0.1, 0.15) is 11.6 Å². The number of esters is 1. The van der Waals surface area contributed by atoms with Crippen molar-refractivity contribution in [2.24, 2.45) is 0 Å². The van der Waals surface area contributed by atoms with Crippen LogP contribution in [0.5, 0.6) is 0 Å². The van der Waals surface area contributed by atoms with Gasteiger partial charge in [0.25, 0.3) is 5.91 Å². The maximum atomic E-state index is 12.5. The Morgan fingerprint density at radius 3 is 2.46 bits per heavy atom. The molecule has 7 heteroatoms. The number of ether oxygens (including phenoxy) is 1. The molecule has 0 saturated carbocycles. The summed E-state index contributed by atoms with van der Waals surface area (Å²) < 4.78 is 10.5. The molecule has 1 aliphatic rings. The van der Waals surface area contributed by atoms with Crippen molar-refractivity contribution >= 4 is 17.7 Å². The SMILES string of the molecule is CCOC(=O)c1ccc(N2CCN(C(=O)c3ccc(CC)o3)CC2)nc1. The van der Waals surface area contributed by atoms with E-state index in [4.69, 9.17) is 9.15 Å². The molecule has 3 rings (SSSR count). The first-order chi connectivity index (χ1) is 12.6. The van der Waals surface area contributed by atoms with E-state index >= 15 is 0 Å². The van der Waals surface area contributed by atoms with Gasteiger partial charge in [0.05, 0.1) is 12.2 Å². The van der Waals surface area contributed by atoms with Crippen LogP contribution in [0, 0.1) is 0 Å². The second-order valence-electron chi connectivity index (χ2n) is 6.02. The Morgan fingerprint density at radius 2 is 1.88 bits per heavy atom. The summed E-state index contributed by atoms with van der Waals surface area (Å²) in [4.78, 5) is 32.4. The lowest BCUT2D eigenvalue weighted by Crippen LogP contribution is -2.49. The monoisotopic (exact) mass is 357 g/mol. The van der Waals surface area contributed by atoms with Crippen LogP contribution in [0.15, 0.2) is 34.9 Å². The predicted octanol–water partition coefficient (Wildman–Crippen LogP) is 2.38. The molecule has 0 N–H and O–H groups in total. The summed E-state index contributed by atoms with van der Waals surface area (Å²) in [5.74, 6) is 1.56. The Morgan fingerprint density at radius 1 is 1.12 bits per heavy atom. The Balaban J connectivity index is 1.58. The highest BCUT2D eigenvalue weighted by atomic mass is 16.5. The summed E-state index contributed by atoms with van der Waals surface area (Å²) in [5, 5.41) is 0. The number of carbonyl (C=O) groups excluding carboxylic acids is 2. The molecule has 7 nitrogen and oxygen atoms in total. The van der Waals surface area contributed by atoms with Gasteiger partial charge in [0, 0.05) is 38.8 Å². The minimum Gasteiger partial charge on any atom is -0.462 e. The number of aromatic nitrogens is 1. The first kappa shape index (κ1) is 18.0. The quantitative estimate of drug-likeness (QED) is 0.765. The third-order valence-corrected chi connectivity index (χ3v) is 4.37. The van der Waals surface area contributed by atoms with Crippen LogP contribution in [0.3, 0.4) is 0 Å². The summed E-state index contributed by atoms with van der Waals surface area (Å²) in [7, 11) is 0. The number of rotatable bonds is 5. The fourth-order valence-electron chi connectivity index (χ4n) is 2.89. The summed E-state index contributed by atoms with van der Waals surface area (Å²) in [6, 6.07) is 7.11. The second-order valence-corrected chi connectivity index (χ2v) is 6.02. The van der Waals surface area contributed by atoms with Gasteiger partial charge in [-0.15, -0.1) is 0 Å². The molecule has 138 valence electrons. The van der Waals surface area contributed by atoms with Gasteiger partial charge in [-0.25, -0.2) is 9.78 Å². The van der Waals surface area contributed by atoms with E-state index in [1.807, 2.05) is 19.1 Å². The molecule has 2 aromatic heterocycles. The Hall–Kier alpha value is -2.83. The molecule has 0 bridgehead atoms. The molecule has 0 radical (unpaired) electrons. The number of anilines is 1. The summed E-state index contributed by atoms with van der Waals surface area (Å²) in [5.41, 5.74) is 0.439. The number of aryl methyl sites for hydroxylation is 1. The largest absolute Gasteiger partial charge is 0.462 e. The zero-order chi connectivity index (χ0) is 18.5. The van der Waals surface area contributed by atoms with Crippen LogP contribution in [0.25, 0.3) is 0 Å². The smallest absolute Gasteiger partial charge is 0.339 e. The molecule has 0 atom stereocenters. The lowest BCUT2D eigenvalue weighted by Gasteiger charge is -2.35. The van der Waals surface area contributed by atoms with E-state index in [1.54, 1.807) is 24.0 Å². The highest BCUT2D eigenvalue weighted by Gasteiger charge is 2.24. The first-order valence-corrected chi connectivity index (χ1v) is 8.88. The van der Waals surface area contributed by atoms with E-state index in [9.17, 15) is 9.59 Å². The van der Waals surface area contributed by atoms with E-state index < -0.39 is 0 Å². The fraction of sp³-hybridized carbons (Fsp3) is 0.421. The van der Waals surface area contributed by atoms with Crippen molar-refractivity contribution in [2.75, 3.05) is 37.7 Å². The van der Waals surface area contributed by atoms with Gasteiger partial charge in [0.15, 0.2) is 5.76 Å². The molecule has 2 aromatic rings. The maximum absolute atomic E-state index is 12.5. The summed E-state index contributed by atoms with van der Waals surface area (Å²) in [6.45, 7) is 6.66. The normalized spacial score (nSPS) is 14.4. The molecule has 1 amide bonds. The number of nitrogens with zero attached hydrogens (tertiary/aromatic N) is 3. The standard InChI is InChI=1S/C19H23N3O4/c1-3-15-6-7-16(26-15)18(23)22-11-9-21(10-12-22)17-8-5-14(13-20-17)19(24)25-4-2/h5-8,13H,3-4,9-12H2,1-2H3. The number of piperazine rings is 1. The molecule has 1 saturated heterocycles. The van der Waals surface area contributed by atoms with Crippen LogP contribution in [-0.4, -0.2) is 54.5 Å². The van der Waals surface area contributed by atoms with Gasteiger partial charge in [-0.2, -0.15) is 0 Å².